The number of carbonyl (C=O) groups excluding carboxylic acids is 2. The third-order valence-electron chi connectivity index (χ3n) is 10.2. The van der Waals surface area contributed by atoms with Gasteiger partial charge in [-0.1, -0.05) is 24.3 Å². The molecule has 1 aromatic carbocycles. The lowest BCUT2D eigenvalue weighted by Gasteiger charge is -2.55. The minimum atomic E-state index is -0.449. The van der Waals surface area contributed by atoms with E-state index in [9.17, 15) is 14.9 Å². The van der Waals surface area contributed by atoms with Gasteiger partial charge in [0.2, 0.25) is 5.91 Å². The van der Waals surface area contributed by atoms with Crippen LogP contribution in [0.25, 0.3) is 0 Å². The predicted octanol–water partition coefficient (Wildman–Crippen LogP) is 2.65. The first-order chi connectivity index (χ1) is 20.3. The molecule has 6 unspecified atom stereocenters. The van der Waals surface area contributed by atoms with Crippen LogP contribution in [-0.2, 0) is 20.7 Å². The number of hydrogen-bond acceptors (Lipinski definition) is 9. The number of likely N-dealkylation sites (N-methyl/N-ethyl adjacent to an activating group) is 1. The molecule has 0 radical (unpaired) electrons. The second-order valence-electron chi connectivity index (χ2n) is 12.8. The first-order valence-corrected chi connectivity index (χ1v) is 16.3. The van der Waals surface area contributed by atoms with E-state index in [1.54, 1.807) is 16.7 Å². The summed E-state index contributed by atoms with van der Waals surface area (Å²) in [6.07, 6.45) is 6.91. The van der Waals surface area contributed by atoms with E-state index in [4.69, 9.17) is 4.74 Å². The standard InChI is InChI=1S/C32H44N6O3S/c1-4-27(39)38-17-16-37(19-23(38)11-14-33)30-25-10-13-32(12-9-22-8-7-21(2)18-26(22)42-32)29(40)28(25)34-31(35-30)41-20-24-6-5-15-36(24)3/h4,7-8,18,23-25,28,30-31,34-35H,1,5-6,9-13,15-17,19-20H2,2-3H3/t23?,24?,25?,28?,30?,31?,32-/m0/s1. The number of thioether (sulfide) groups is 1. The fourth-order valence-corrected chi connectivity index (χ4v) is 9.42. The Morgan fingerprint density at radius 2 is 2.10 bits per heavy atom. The number of ether oxygens (including phenoxy) is 1. The summed E-state index contributed by atoms with van der Waals surface area (Å²) in [4.78, 5) is 34.8. The van der Waals surface area contributed by atoms with Crippen molar-refractivity contribution >= 4 is 23.5 Å². The molecule has 1 amide bonds. The van der Waals surface area contributed by atoms with Crippen molar-refractivity contribution in [3.05, 3.63) is 42.0 Å². The number of Topliss-reactive ketones (excluding diaryl/α,β-unsaturated/α-hetero) is 1. The highest BCUT2D eigenvalue weighted by Gasteiger charge is 2.55. The number of aryl methyl sites for hydroxylation is 2. The van der Waals surface area contributed by atoms with E-state index in [-0.39, 0.29) is 36.5 Å². The van der Waals surface area contributed by atoms with Gasteiger partial charge in [-0.25, -0.2) is 0 Å². The van der Waals surface area contributed by atoms with Crippen LogP contribution >= 0.6 is 11.8 Å². The molecule has 4 heterocycles. The summed E-state index contributed by atoms with van der Waals surface area (Å²) in [5.41, 5.74) is 2.57. The quantitative estimate of drug-likeness (QED) is 0.483. The normalized spacial score (nSPS) is 35.5. The Morgan fingerprint density at radius 1 is 1.24 bits per heavy atom. The molecule has 1 spiro atoms. The van der Waals surface area contributed by atoms with Gasteiger partial charge in [-0.3, -0.25) is 25.1 Å². The van der Waals surface area contributed by atoms with Gasteiger partial charge in [0.15, 0.2) is 12.1 Å². The molecular formula is C32H44N6O3S. The van der Waals surface area contributed by atoms with E-state index in [0.717, 1.165) is 38.6 Å². The van der Waals surface area contributed by atoms with Crippen LogP contribution in [0.1, 0.15) is 49.7 Å². The van der Waals surface area contributed by atoms with Crippen LogP contribution in [0.2, 0.25) is 0 Å². The molecule has 0 bridgehead atoms. The Labute approximate surface area is 254 Å². The third-order valence-corrected chi connectivity index (χ3v) is 11.8. The summed E-state index contributed by atoms with van der Waals surface area (Å²) >= 11 is 1.78. The van der Waals surface area contributed by atoms with Crippen LogP contribution in [0.4, 0.5) is 0 Å². The average molecular weight is 593 g/mol. The maximum Gasteiger partial charge on any atom is 0.246 e. The number of benzene rings is 1. The Balaban J connectivity index is 1.24. The zero-order chi connectivity index (χ0) is 29.4. The van der Waals surface area contributed by atoms with E-state index >= 15 is 0 Å². The molecule has 6 rings (SSSR count). The second-order valence-corrected chi connectivity index (χ2v) is 14.2. The molecule has 42 heavy (non-hydrogen) atoms. The van der Waals surface area contributed by atoms with Crippen molar-refractivity contribution in [2.45, 2.75) is 92.2 Å². The molecule has 0 aromatic heterocycles. The number of rotatable bonds is 6. The highest BCUT2D eigenvalue weighted by molar-refractivity contribution is 8.01. The van der Waals surface area contributed by atoms with Crippen molar-refractivity contribution in [2.75, 3.05) is 39.8 Å². The lowest BCUT2D eigenvalue weighted by atomic mass is 9.72. The fraction of sp³-hybridized carbons (Fsp3) is 0.656. The molecule has 1 aliphatic carbocycles. The van der Waals surface area contributed by atoms with Crippen molar-refractivity contribution in [1.29, 1.82) is 5.26 Å². The number of likely N-dealkylation sites (tertiary alicyclic amines) is 1. The average Bonchev–Trinajstić information content (AvgIpc) is 3.41. The Morgan fingerprint density at radius 3 is 2.86 bits per heavy atom. The summed E-state index contributed by atoms with van der Waals surface area (Å²) in [6, 6.07) is 8.74. The zero-order valence-electron chi connectivity index (χ0n) is 24.9. The van der Waals surface area contributed by atoms with Crippen molar-refractivity contribution in [1.82, 2.24) is 25.3 Å². The van der Waals surface area contributed by atoms with Gasteiger partial charge in [-0.05, 0) is 76.7 Å². The van der Waals surface area contributed by atoms with Gasteiger partial charge in [-0.2, -0.15) is 5.26 Å². The smallest absolute Gasteiger partial charge is 0.246 e. The highest BCUT2D eigenvalue weighted by Crippen LogP contribution is 2.51. The molecule has 2 N–H and O–H groups in total. The van der Waals surface area contributed by atoms with Crippen molar-refractivity contribution in [3.63, 3.8) is 0 Å². The molecule has 4 fully saturated rings. The number of fused-ring (bicyclic) bond motifs is 2. The minimum Gasteiger partial charge on any atom is -0.348 e. The number of nitrogens with zero attached hydrogens (tertiary/aromatic N) is 4. The van der Waals surface area contributed by atoms with E-state index < -0.39 is 11.1 Å². The largest absolute Gasteiger partial charge is 0.348 e. The van der Waals surface area contributed by atoms with Gasteiger partial charge in [0.1, 0.15) is 0 Å². The number of nitrogens with one attached hydrogen (secondary N) is 2. The van der Waals surface area contributed by atoms with Crippen LogP contribution in [0, 0.1) is 24.2 Å². The molecular weight excluding hydrogens is 548 g/mol. The lowest BCUT2D eigenvalue weighted by molar-refractivity contribution is -0.145. The summed E-state index contributed by atoms with van der Waals surface area (Å²) in [7, 11) is 2.15. The Hall–Kier alpha value is -2.26. The second kappa shape index (κ2) is 12.4. The van der Waals surface area contributed by atoms with Gasteiger partial charge in [0, 0.05) is 36.5 Å². The van der Waals surface area contributed by atoms with Crippen molar-refractivity contribution < 1.29 is 14.3 Å². The molecule has 3 saturated heterocycles. The number of amides is 1. The monoisotopic (exact) mass is 592 g/mol. The first-order valence-electron chi connectivity index (χ1n) is 15.5. The highest BCUT2D eigenvalue weighted by atomic mass is 32.2. The zero-order valence-corrected chi connectivity index (χ0v) is 25.7. The van der Waals surface area contributed by atoms with E-state index in [0.29, 0.717) is 38.1 Å². The van der Waals surface area contributed by atoms with Gasteiger partial charge < -0.3 is 14.5 Å². The van der Waals surface area contributed by atoms with Crippen molar-refractivity contribution in [2.24, 2.45) is 5.92 Å². The van der Waals surface area contributed by atoms with Crippen LogP contribution in [0.5, 0.6) is 0 Å². The van der Waals surface area contributed by atoms with Gasteiger partial charge in [-0.15, -0.1) is 11.8 Å². The van der Waals surface area contributed by atoms with Gasteiger partial charge in [0.05, 0.1) is 42.1 Å². The molecule has 5 aliphatic rings. The Bertz CT molecular complexity index is 1250. The molecule has 9 nitrogen and oxygen atoms in total. The molecule has 1 aromatic rings. The predicted molar refractivity (Wildman–Crippen MR) is 163 cm³/mol. The van der Waals surface area contributed by atoms with E-state index in [2.05, 4.69) is 65.3 Å². The number of hydrogen-bond donors (Lipinski definition) is 2. The maximum atomic E-state index is 14.6. The number of piperazine rings is 1. The van der Waals surface area contributed by atoms with Crippen LogP contribution in [-0.4, -0.2) is 102 Å². The molecule has 226 valence electrons. The fourth-order valence-electron chi connectivity index (χ4n) is 7.80. The number of ketones is 1. The van der Waals surface area contributed by atoms with E-state index in [1.807, 2.05) is 0 Å². The molecule has 7 atom stereocenters. The summed E-state index contributed by atoms with van der Waals surface area (Å²) in [5, 5.41) is 16.9. The topological polar surface area (TPSA) is 101 Å². The Kier molecular flexibility index (Phi) is 8.79. The third kappa shape index (κ3) is 5.68. The van der Waals surface area contributed by atoms with Crippen LogP contribution in [0.3, 0.4) is 0 Å². The van der Waals surface area contributed by atoms with Crippen LogP contribution in [0.15, 0.2) is 35.7 Å². The molecule has 1 saturated carbocycles. The first kappa shape index (κ1) is 29.8. The molecule has 4 aliphatic heterocycles. The number of carbonyl (C=O) groups is 2. The lowest BCUT2D eigenvalue weighted by Crippen LogP contribution is -2.75. The van der Waals surface area contributed by atoms with Gasteiger partial charge in [0.25, 0.3) is 0 Å². The summed E-state index contributed by atoms with van der Waals surface area (Å²) in [6.45, 7) is 9.24. The maximum absolute atomic E-state index is 14.6. The number of nitriles is 1. The van der Waals surface area contributed by atoms with Crippen molar-refractivity contribution in [3.8, 4) is 6.07 Å². The van der Waals surface area contributed by atoms with Gasteiger partial charge >= 0.3 is 0 Å². The molecule has 10 heteroatoms. The van der Waals surface area contributed by atoms with Crippen LogP contribution < -0.4 is 10.6 Å². The SMILES string of the molecule is C=CC(=O)N1CCN(C2NC(OCC3CCCN3C)NC3C(=O)[C@]4(CCc5ccc(C)cc5S4)CCC32)CC1CC#N. The van der Waals surface area contributed by atoms with E-state index in [1.165, 1.54) is 28.5 Å². The summed E-state index contributed by atoms with van der Waals surface area (Å²) in [5.74, 6) is 0.233. The summed E-state index contributed by atoms with van der Waals surface area (Å²) < 4.78 is 6.05. The minimum absolute atomic E-state index is 0.0704.